The normalized spacial score (nSPS) is 25.3. The van der Waals surface area contributed by atoms with E-state index in [-0.39, 0.29) is 37.5 Å². The molecule has 2 fully saturated rings. The number of halogens is 1. The molecular formula is C20H21ClN4O6S. The molecule has 12 heteroatoms. The number of nitrogens with zero attached hydrogens (tertiary/aromatic N) is 2. The van der Waals surface area contributed by atoms with Gasteiger partial charge in [-0.3, -0.25) is 0 Å². The fraction of sp³-hybridized carbons (Fsp3) is 0.400. The minimum Gasteiger partial charge on any atom is -0.456 e. The number of aromatic nitrogens is 3. The van der Waals surface area contributed by atoms with Gasteiger partial charge >= 0.3 is 0 Å². The van der Waals surface area contributed by atoms with E-state index in [0.29, 0.717) is 28.5 Å². The van der Waals surface area contributed by atoms with Gasteiger partial charge in [0.1, 0.15) is 18.3 Å². The third-order valence-electron chi connectivity index (χ3n) is 5.42. The third-order valence-corrected chi connectivity index (χ3v) is 6.37. The Bertz CT molecular complexity index is 1250. The van der Waals surface area contributed by atoms with Crippen molar-refractivity contribution in [2.75, 3.05) is 19.5 Å². The molecule has 0 spiro atoms. The Hall–Kier alpha value is -2.28. The second-order valence-electron chi connectivity index (χ2n) is 7.84. The van der Waals surface area contributed by atoms with Gasteiger partial charge in [-0.05, 0) is 11.6 Å². The van der Waals surface area contributed by atoms with Gasteiger partial charge in [-0.15, -0.1) is 0 Å². The molecule has 2 aliphatic heterocycles. The summed E-state index contributed by atoms with van der Waals surface area (Å²) in [4.78, 5) is 12.0. The average Bonchev–Trinajstić information content (AvgIpc) is 3.43. The number of rotatable bonds is 6. The van der Waals surface area contributed by atoms with Crippen LogP contribution in [-0.2, 0) is 26.0 Å². The van der Waals surface area contributed by atoms with Crippen molar-refractivity contribution < 1.29 is 27.7 Å². The molecule has 3 aromatic rings. The number of hydrogen-bond acceptors (Lipinski definition) is 8. The third kappa shape index (κ3) is 4.32. The summed E-state index contributed by atoms with van der Waals surface area (Å²) in [6.07, 6.45) is -0.661. The van der Waals surface area contributed by atoms with E-state index < -0.39 is 16.1 Å². The molecular weight excluding hydrogens is 460 g/mol. The Balaban J connectivity index is 1.35. The monoisotopic (exact) mass is 480 g/mol. The number of aliphatic hydroxyl groups excluding tert-OH is 1. The number of aromatic amines is 1. The summed E-state index contributed by atoms with van der Waals surface area (Å²) in [5.41, 5.74) is 3.18. The molecule has 2 saturated heterocycles. The predicted octanol–water partition coefficient (Wildman–Crippen LogP) is 1.23. The van der Waals surface area contributed by atoms with Crippen LogP contribution in [0.4, 0.5) is 0 Å². The Labute approximate surface area is 188 Å². The van der Waals surface area contributed by atoms with Crippen molar-refractivity contribution in [3.8, 4) is 17.3 Å². The zero-order valence-corrected chi connectivity index (χ0v) is 18.6. The van der Waals surface area contributed by atoms with Crippen molar-refractivity contribution >= 4 is 32.8 Å². The van der Waals surface area contributed by atoms with Crippen molar-refractivity contribution in [3.63, 3.8) is 0 Å². The van der Waals surface area contributed by atoms with E-state index in [1.165, 1.54) is 0 Å². The lowest BCUT2D eigenvalue weighted by Gasteiger charge is -2.15. The first-order valence-corrected chi connectivity index (χ1v) is 12.2. The fourth-order valence-corrected chi connectivity index (χ4v) is 4.53. The summed E-state index contributed by atoms with van der Waals surface area (Å²) in [7, 11) is -3.26. The van der Waals surface area contributed by atoms with Gasteiger partial charge in [0.2, 0.25) is 10.0 Å². The van der Waals surface area contributed by atoms with Gasteiger partial charge in [-0.2, -0.15) is 4.98 Å². The van der Waals surface area contributed by atoms with Crippen LogP contribution in [0.2, 0.25) is 5.02 Å². The molecule has 4 atom stereocenters. The molecule has 2 aromatic heterocycles. The highest BCUT2D eigenvalue weighted by Crippen LogP contribution is 2.32. The Morgan fingerprint density at radius 1 is 1.22 bits per heavy atom. The van der Waals surface area contributed by atoms with Crippen LogP contribution in [0.3, 0.4) is 0 Å². The predicted molar refractivity (Wildman–Crippen MR) is 116 cm³/mol. The Morgan fingerprint density at radius 3 is 2.72 bits per heavy atom. The highest BCUT2D eigenvalue weighted by atomic mass is 35.5. The Kier molecular flexibility index (Phi) is 5.56. The molecule has 5 rings (SSSR count). The second kappa shape index (κ2) is 8.25. The van der Waals surface area contributed by atoms with Crippen LogP contribution in [0.15, 0.2) is 30.3 Å². The first-order valence-electron chi connectivity index (χ1n) is 9.95. The molecule has 0 amide bonds. The molecule has 1 aromatic carbocycles. The summed E-state index contributed by atoms with van der Waals surface area (Å²) in [5.74, 6) is 0. The van der Waals surface area contributed by atoms with E-state index in [2.05, 4.69) is 19.7 Å². The summed E-state index contributed by atoms with van der Waals surface area (Å²) in [5, 5.41) is 10.3. The molecule has 0 aliphatic carbocycles. The van der Waals surface area contributed by atoms with Gasteiger partial charge in [-0.25, -0.2) is 18.1 Å². The summed E-state index contributed by atoms with van der Waals surface area (Å²) in [6, 6.07) is 9.25. The molecule has 10 nitrogen and oxygen atoms in total. The highest BCUT2D eigenvalue weighted by molar-refractivity contribution is 7.88. The van der Waals surface area contributed by atoms with Crippen LogP contribution in [0.1, 0.15) is 5.56 Å². The summed E-state index contributed by atoms with van der Waals surface area (Å²) in [6.45, 7) is 0.717. The number of sulfonamides is 1. The summed E-state index contributed by atoms with van der Waals surface area (Å²) >= 11 is 6.46. The smallest absolute Gasteiger partial charge is 0.296 e. The number of nitrogens with one attached hydrogen (secondary N) is 2. The molecule has 4 heterocycles. The quantitative estimate of drug-likeness (QED) is 0.479. The highest BCUT2D eigenvalue weighted by Gasteiger charge is 2.48. The van der Waals surface area contributed by atoms with Crippen LogP contribution >= 0.6 is 11.6 Å². The number of aliphatic hydroxyl groups is 1. The molecule has 3 N–H and O–H groups in total. The standard InChI is InChI=1S/C20H21ClN4O6S/c1-32(27,28)22-7-10-2-4-11(5-3-10)16-12(21)6-13-19(24-16)25-20(23-13)31-15-9-30-17-14(26)8-29-18(15)17/h2-6,14-15,17-18,22,26H,7-9H2,1H3,(H,23,24,25)/t14-,15-,17-,18-/m1/s1. The first-order chi connectivity index (χ1) is 15.3. The number of benzene rings is 1. The molecule has 2 aliphatic rings. The van der Waals surface area contributed by atoms with Gasteiger partial charge in [0, 0.05) is 12.1 Å². The molecule has 170 valence electrons. The van der Waals surface area contributed by atoms with Crippen molar-refractivity contribution in [2.45, 2.75) is 31.0 Å². The van der Waals surface area contributed by atoms with Gasteiger partial charge in [-0.1, -0.05) is 35.9 Å². The first kappa shape index (κ1) is 21.6. The van der Waals surface area contributed by atoms with E-state index in [4.69, 9.17) is 25.8 Å². The minimum atomic E-state index is -3.26. The molecule has 0 saturated carbocycles. The largest absolute Gasteiger partial charge is 0.456 e. The second-order valence-corrected chi connectivity index (χ2v) is 10.1. The number of ether oxygens (including phenoxy) is 3. The van der Waals surface area contributed by atoms with Crippen LogP contribution in [0, 0.1) is 0 Å². The van der Waals surface area contributed by atoms with Crippen LogP contribution in [-0.4, -0.2) is 72.4 Å². The summed E-state index contributed by atoms with van der Waals surface area (Å²) < 4.78 is 42.0. The lowest BCUT2D eigenvalue weighted by atomic mass is 10.1. The number of pyridine rings is 1. The SMILES string of the molecule is CS(=O)(=O)NCc1ccc(-c2nc3nc(O[C@@H]4CO[C@H]5[C@@H]4OC[C@H]5O)[nH]c3cc2Cl)cc1. The lowest BCUT2D eigenvalue weighted by molar-refractivity contribution is 0.00706. The number of H-pyrrole nitrogens is 1. The van der Waals surface area contributed by atoms with Crippen molar-refractivity contribution in [2.24, 2.45) is 0 Å². The number of imidazole rings is 1. The van der Waals surface area contributed by atoms with Crippen LogP contribution < -0.4 is 9.46 Å². The molecule has 0 unspecified atom stereocenters. The maximum absolute atomic E-state index is 11.3. The maximum Gasteiger partial charge on any atom is 0.296 e. The average molecular weight is 481 g/mol. The number of fused-ring (bicyclic) bond motifs is 2. The van der Waals surface area contributed by atoms with E-state index in [9.17, 15) is 13.5 Å². The number of hydrogen-bond donors (Lipinski definition) is 3. The zero-order valence-electron chi connectivity index (χ0n) is 17.0. The van der Waals surface area contributed by atoms with Gasteiger partial charge < -0.3 is 24.3 Å². The van der Waals surface area contributed by atoms with Crippen LogP contribution in [0.5, 0.6) is 6.01 Å². The van der Waals surface area contributed by atoms with Crippen molar-refractivity contribution in [1.29, 1.82) is 0 Å². The maximum atomic E-state index is 11.3. The minimum absolute atomic E-state index is 0.201. The van der Waals surface area contributed by atoms with Crippen molar-refractivity contribution in [1.82, 2.24) is 19.7 Å². The van der Waals surface area contributed by atoms with E-state index in [1.54, 1.807) is 18.2 Å². The van der Waals surface area contributed by atoms with Crippen LogP contribution in [0.25, 0.3) is 22.4 Å². The zero-order chi connectivity index (χ0) is 22.5. The molecule has 0 radical (unpaired) electrons. The van der Waals surface area contributed by atoms with Crippen molar-refractivity contribution in [3.05, 3.63) is 40.9 Å². The van der Waals surface area contributed by atoms with E-state index in [0.717, 1.165) is 17.4 Å². The lowest BCUT2D eigenvalue weighted by Crippen LogP contribution is -2.34. The van der Waals surface area contributed by atoms with Gasteiger partial charge in [0.25, 0.3) is 6.01 Å². The topological polar surface area (TPSA) is 136 Å². The molecule has 0 bridgehead atoms. The fourth-order valence-electron chi connectivity index (χ4n) is 3.84. The van der Waals surface area contributed by atoms with E-state index in [1.807, 2.05) is 12.1 Å². The Morgan fingerprint density at radius 2 is 1.97 bits per heavy atom. The van der Waals surface area contributed by atoms with E-state index >= 15 is 0 Å². The van der Waals surface area contributed by atoms with Gasteiger partial charge in [0.15, 0.2) is 11.8 Å². The van der Waals surface area contributed by atoms with Gasteiger partial charge in [0.05, 0.1) is 35.7 Å². The molecule has 32 heavy (non-hydrogen) atoms.